The van der Waals surface area contributed by atoms with E-state index in [1.807, 2.05) is 0 Å². The van der Waals surface area contributed by atoms with E-state index >= 15 is 0 Å². The Kier molecular flexibility index (Phi) is 1.81. The van der Waals surface area contributed by atoms with Crippen LogP contribution >= 0.6 is 0 Å². The molecular weight excluding hydrogens is 192 g/mol. The van der Waals surface area contributed by atoms with Crippen LogP contribution in [0.2, 0.25) is 0 Å². The topological polar surface area (TPSA) is 43.4 Å². The maximum Gasteiger partial charge on any atom is 0.342 e. The zero-order valence-electron chi connectivity index (χ0n) is 8.31. The molecule has 4 rings (SSSR count). The predicted molar refractivity (Wildman–Crippen MR) is 52.6 cm³/mol. The number of esters is 2. The highest BCUT2D eigenvalue weighted by Gasteiger charge is 2.39. The van der Waals surface area contributed by atoms with Gasteiger partial charge in [0.15, 0.2) is 0 Å². The van der Waals surface area contributed by atoms with Crippen molar-refractivity contribution in [2.75, 3.05) is 0 Å². The number of ether oxygens (including phenoxy) is 1. The van der Waals surface area contributed by atoms with Crippen molar-refractivity contribution in [1.82, 2.24) is 0 Å². The molecule has 2 bridgehead atoms. The smallest absolute Gasteiger partial charge is 0.342 e. The number of rotatable bonds is 1. The van der Waals surface area contributed by atoms with Crippen LogP contribution in [0.25, 0.3) is 0 Å². The zero-order chi connectivity index (χ0) is 10.4. The Hall–Kier alpha value is -1.38. The highest BCUT2D eigenvalue weighted by molar-refractivity contribution is 6.09. The summed E-state index contributed by atoms with van der Waals surface area (Å²) >= 11 is 0. The van der Waals surface area contributed by atoms with Crippen molar-refractivity contribution in [2.45, 2.75) is 19.3 Å². The van der Waals surface area contributed by atoms with Crippen molar-refractivity contribution in [2.24, 2.45) is 17.8 Å². The summed E-state index contributed by atoms with van der Waals surface area (Å²) in [6.45, 7) is 0. The molecule has 3 aliphatic carbocycles. The molecule has 1 aliphatic heterocycles. The molecule has 3 unspecified atom stereocenters. The van der Waals surface area contributed by atoms with Gasteiger partial charge in [0.2, 0.25) is 0 Å². The summed E-state index contributed by atoms with van der Waals surface area (Å²) in [5.41, 5.74) is 0.596. The quantitative estimate of drug-likeness (QED) is 0.370. The second-order valence-corrected chi connectivity index (χ2v) is 4.54. The van der Waals surface area contributed by atoms with E-state index in [1.165, 1.54) is 12.5 Å². The lowest BCUT2D eigenvalue weighted by Gasteiger charge is -2.37. The van der Waals surface area contributed by atoms with Gasteiger partial charge in [-0.1, -0.05) is 12.2 Å². The van der Waals surface area contributed by atoms with Gasteiger partial charge < -0.3 is 4.74 Å². The van der Waals surface area contributed by atoms with E-state index in [4.69, 9.17) is 0 Å². The first-order chi connectivity index (χ1) is 7.24. The number of carbonyl (C=O) groups excluding carboxylic acids is 2. The van der Waals surface area contributed by atoms with Crippen LogP contribution in [0.15, 0.2) is 23.8 Å². The molecule has 0 saturated heterocycles. The van der Waals surface area contributed by atoms with E-state index in [-0.39, 0.29) is 5.92 Å². The zero-order valence-corrected chi connectivity index (χ0v) is 8.31. The lowest BCUT2D eigenvalue weighted by atomic mass is 9.66. The standard InChI is InChI=1S/C12H12O3/c13-11-6-10(12(14)15-11)9-5-7-1-3-8(9)4-2-7/h1,3,6-9H,2,4-5H2. The lowest BCUT2D eigenvalue weighted by molar-refractivity contribution is -0.151. The van der Waals surface area contributed by atoms with Crippen molar-refractivity contribution in [3.63, 3.8) is 0 Å². The fourth-order valence-electron chi connectivity index (χ4n) is 2.91. The maximum absolute atomic E-state index is 11.4. The monoisotopic (exact) mass is 204 g/mol. The summed E-state index contributed by atoms with van der Waals surface area (Å²) < 4.78 is 4.54. The van der Waals surface area contributed by atoms with E-state index in [0.29, 0.717) is 17.4 Å². The number of fused-ring (bicyclic) bond motifs is 2. The molecule has 0 radical (unpaired) electrons. The second kappa shape index (κ2) is 3.05. The molecule has 1 fully saturated rings. The molecule has 15 heavy (non-hydrogen) atoms. The van der Waals surface area contributed by atoms with Crippen molar-refractivity contribution < 1.29 is 14.3 Å². The Bertz CT molecular complexity index is 392. The molecule has 78 valence electrons. The van der Waals surface area contributed by atoms with E-state index in [9.17, 15) is 9.59 Å². The number of cyclic esters (lactones) is 2. The summed E-state index contributed by atoms with van der Waals surface area (Å²) in [5.74, 6) is 0.308. The highest BCUT2D eigenvalue weighted by Crippen LogP contribution is 2.44. The third-order valence-corrected chi connectivity index (χ3v) is 3.68. The molecule has 1 saturated carbocycles. The second-order valence-electron chi connectivity index (χ2n) is 4.54. The van der Waals surface area contributed by atoms with E-state index in [1.54, 1.807) is 0 Å². The first-order valence-corrected chi connectivity index (χ1v) is 5.40. The average molecular weight is 204 g/mol. The molecule has 0 amide bonds. The van der Waals surface area contributed by atoms with Gasteiger partial charge in [-0.2, -0.15) is 0 Å². The molecule has 3 nitrogen and oxygen atoms in total. The number of carbonyl (C=O) groups is 2. The Balaban J connectivity index is 1.90. The Morgan fingerprint density at radius 3 is 2.53 bits per heavy atom. The van der Waals surface area contributed by atoms with Crippen LogP contribution in [0, 0.1) is 17.8 Å². The van der Waals surface area contributed by atoms with Crippen molar-refractivity contribution >= 4 is 11.9 Å². The third-order valence-electron chi connectivity index (χ3n) is 3.68. The summed E-state index contributed by atoms with van der Waals surface area (Å²) in [6.07, 6.45) is 9.15. The minimum absolute atomic E-state index is 0.215. The molecule has 0 spiro atoms. The number of allylic oxidation sites excluding steroid dienone is 2. The summed E-state index contributed by atoms with van der Waals surface area (Å²) in [6, 6.07) is 0. The van der Waals surface area contributed by atoms with Crippen LogP contribution in [0.4, 0.5) is 0 Å². The van der Waals surface area contributed by atoms with Crippen molar-refractivity contribution in [1.29, 1.82) is 0 Å². The molecule has 3 heteroatoms. The lowest BCUT2D eigenvalue weighted by Crippen LogP contribution is -2.30. The average Bonchev–Trinajstić information content (AvgIpc) is 2.59. The molecular formula is C12H12O3. The van der Waals surface area contributed by atoms with Gasteiger partial charge in [0.1, 0.15) is 0 Å². The predicted octanol–water partition coefficient (Wildman–Crippen LogP) is 1.60. The Morgan fingerprint density at radius 2 is 2.07 bits per heavy atom. The van der Waals surface area contributed by atoms with Gasteiger partial charge in [-0.15, -0.1) is 0 Å². The van der Waals surface area contributed by atoms with Gasteiger partial charge in [-0.3, -0.25) is 0 Å². The van der Waals surface area contributed by atoms with Crippen LogP contribution in [-0.4, -0.2) is 11.9 Å². The first kappa shape index (κ1) is 8.89. The van der Waals surface area contributed by atoms with Gasteiger partial charge in [0.25, 0.3) is 0 Å². The Morgan fingerprint density at radius 1 is 1.20 bits per heavy atom. The molecule has 0 N–H and O–H groups in total. The first-order valence-electron chi connectivity index (χ1n) is 5.40. The van der Waals surface area contributed by atoms with E-state index in [2.05, 4.69) is 16.9 Å². The van der Waals surface area contributed by atoms with Crippen LogP contribution in [0.3, 0.4) is 0 Å². The van der Waals surface area contributed by atoms with Gasteiger partial charge in [-0.05, 0) is 37.0 Å². The van der Waals surface area contributed by atoms with Gasteiger partial charge in [0.05, 0.1) is 0 Å². The SMILES string of the molecule is O=C1C=C(C2CC3C=CC2CC3)C(=O)O1. The van der Waals surface area contributed by atoms with Gasteiger partial charge in [0, 0.05) is 11.6 Å². The summed E-state index contributed by atoms with van der Waals surface area (Å²) in [5, 5.41) is 0. The van der Waals surface area contributed by atoms with Crippen LogP contribution in [-0.2, 0) is 14.3 Å². The largest absolute Gasteiger partial charge is 0.386 e. The number of hydrogen-bond donors (Lipinski definition) is 0. The minimum Gasteiger partial charge on any atom is -0.386 e. The van der Waals surface area contributed by atoms with Crippen LogP contribution in [0.1, 0.15) is 19.3 Å². The maximum atomic E-state index is 11.4. The highest BCUT2D eigenvalue weighted by atomic mass is 16.6. The molecule has 0 aromatic rings. The minimum atomic E-state index is -0.500. The molecule has 1 heterocycles. The summed E-state index contributed by atoms with van der Waals surface area (Å²) in [4.78, 5) is 22.4. The van der Waals surface area contributed by atoms with Crippen LogP contribution < -0.4 is 0 Å². The summed E-state index contributed by atoms with van der Waals surface area (Å²) in [7, 11) is 0. The fourth-order valence-corrected chi connectivity index (χ4v) is 2.91. The van der Waals surface area contributed by atoms with Gasteiger partial charge in [-0.25, -0.2) is 9.59 Å². The van der Waals surface area contributed by atoms with E-state index in [0.717, 1.165) is 12.8 Å². The normalized spacial score (nSPS) is 38.1. The molecule has 0 aromatic heterocycles. The number of hydrogen-bond acceptors (Lipinski definition) is 3. The third kappa shape index (κ3) is 1.34. The van der Waals surface area contributed by atoms with E-state index < -0.39 is 11.9 Å². The van der Waals surface area contributed by atoms with Crippen molar-refractivity contribution in [3.05, 3.63) is 23.8 Å². The Labute approximate surface area is 87.8 Å². The molecule has 0 aromatic carbocycles. The fraction of sp³-hybridized carbons (Fsp3) is 0.500. The molecule has 3 atom stereocenters. The van der Waals surface area contributed by atoms with Crippen LogP contribution in [0.5, 0.6) is 0 Å². The van der Waals surface area contributed by atoms with Gasteiger partial charge >= 0.3 is 11.9 Å². The molecule has 4 aliphatic rings. The van der Waals surface area contributed by atoms with Crippen molar-refractivity contribution in [3.8, 4) is 0 Å².